The van der Waals surface area contributed by atoms with Gasteiger partial charge in [0.15, 0.2) is 0 Å². The molecule has 1 aliphatic heterocycles. The van der Waals surface area contributed by atoms with E-state index < -0.39 is 10.0 Å². The Morgan fingerprint density at radius 3 is 2.65 bits per heavy atom. The Bertz CT molecular complexity index is 973. The summed E-state index contributed by atoms with van der Waals surface area (Å²) in [5.74, 6) is -0.0915. The highest BCUT2D eigenvalue weighted by molar-refractivity contribution is 9.10. The number of nitrogens with zero attached hydrogens (tertiary/aromatic N) is 1. The minimum Gasteiger partial charge on any atom is -0.309 e. The van der Waals surface area contributed by atoms with E-state index >= 15 is 0 Å². The van der Waals surface area contributed by atoms with Crippen molar-refractivity contribution in [3.63, 3.8) is 0 Å². The Morgan fingerprint density at radius 2 is 2.00 bits per heavy atom. The predicted molar refractivity (Wildman–Crippen MR) is 107 cm³/mol. The molecular weight excluding hydrogens is 416 g/mol. The van der Waals surface area contributed by atoms with Crippen molar-refractivity contribution in [1.82, 2.24) is 0 Å². The second kappa shape index (κ2) is 7.04. The predicted octanol–water partition coefficient (Wildman–Crippen LogP) is 4.11. The van der Waals surface area contributed by atoms with Gasteiger partial charge in [0.25, 0.3) is 10.0 Å². The SMILES string of the molecule is CCc1ccccc1NS(=O)(=O)c1cc2c(cc1Br)CC(C)N2C(C)=O. The number of carbonyl (C=O) groups excluding carboxylic acids is 1. The third-order valence-electron chi connectivity index (χ3n) is 4.62. The van der Waals surface area contributed by atoms with Crippen LogP contribution in [0.2, 0.25) is 0 Å². The molecule has 5 nitrogen and oxygen atoms in total. The molecule has 2 aromatic carbocycles. The zero-order chi connectivity index (χ0) is 19.1. The van der Waals surface area contributed by atoms with E-state index in [-0.39, 0.29) is 16.8 Å². The largest absolute Gasteiger partial charge is 0.309 e. The molecule has 0 aromatic heterocycles. The van der Waals surface area contributed by atoms with Crippen LogP contribution in [0.5, 0.6) is 0 Å². The maximum absolute atomic E-state index is 13.0. The summed E-state index contributed by atoms with van der Waals surface area (Å²) in [6, 6.07) is 10.7. The lowest BCUT2D eigenvalue weighted by molar-refractivity contribution is -0.116. The summed E-state index contributed by atoms with van der Waals surface area (Å²) in [6.45, 7) is 5.43. The number of hydrogen-bond acceptors (Lipinski definition) is 3. The summed E-state index contributed by atoms with van der Waals surface area (Å²) < 4.78 is 29.2. The summed E-state index contributed by atoms with van der Waals surface area (Å²) in [7, 11) is -3.80. The average molecular weight is 437 g/mol. The smallest absolute Gasteiger partial charge is 0.263 e. The lowest BCUT2D eigenvalue weighted by atomic mass is 10.1. The Labute approximate surface area is 162 Å². The monoisotopic (exact) mass is 436 g/mol. The number of benzene rings is 2. The van der Waals surface area contributed by atoms with Crippen molar-refractivity contribution in [3.05, 3.63) is 52.0 Å². The van der Waals surface area contributed by atoms with Crippen molar-refractivity contribution >= 4 is 43.2 Å². The van der Waals surface area contributed by atoms with Crippen molar-refractivity contribution in [2.24, 2.45) is 0 Å². The van der Waals surface area contributed by atoms with Gasteiger partial charge in [-0.1, -0.05) is 25.1 Å². The molecule has 7 heteroatoms. The third kappa shape index (κ3) is 3.38. The second-order valence-corrected chi connectivity index (χ2v) is 8.97. The van der Waals surface area contributed by atoms with E-state index in [4.69, 9.17) is 0 Å². The highest BCUT2D eigenvalue weighted by atomic mass is 79.9. The number of para-hydroxylation sites is 1. The molecule has 0 saturated carbocycles. The first-order valence-corrected chi connectivity index (χ1v) is 10.7. The Hall–Kier alpha value is -1.86. The lowest BCUT2D eigenvalue weighted by Gasteiger charge is -2.21. The number of rotatable bonds is 4. The van der Waals surface area contributed by atoms with Gasteiger partial charge in [0.05, 0.1) is 5.69 Å². The van der Waals surface area contributed by atoms with Crippen LogP contribution in [-0.2, 0) is 27.7 Å². The summed E-state index contributed by atoms with van der Waals surface area (Å²) in [6.07, 6.45) is 1.43. The van der Waals surface area contributed by atoms with Gasteiger partial charge in [0.1, 0.15) is 4.90 Å². The van der Waals surface area contributed by atoms with Crippen molar-refractivity contribution in [2.75, 3.05) is 9.62 Å². The molecule has 0 saturated heterocycles. The fourth-order valence-electron chi connectivity index (χ4n) is 3.43. The van der Waals surface area contributed by atoms with Crippen LogP contribution in [-0.4, -0.2) is 20.4 Å². The Kier molecular flexibility index (Phi) is 5.12. The number of amides is 1. The Morgan fingerprint density at radius 1 is 1.31 bits per heavy atom. The molecule has 3 rings (SSSR count). The van der Waals surface area contributed by atoms with Crippen LogP contribution < -0.4 is 9.62 Å². The minimum atomic E-state index is -3.80. The number of carbonyl (C=O) groups is 1. The molecule has 138 valence electrons. The lowest BCUT2D eigenvalue weighted by Crippen LogP contribution is -2.33. The quantitative estimate of drug-likeness (QED) is 0.783. The molecule has 0 spiro atoms. The maximum Gasteiger partial charge on any atom is 0.263 e. The molecule has 26 heavy (non-hydrogen) atoms. The van der Waals surface area contributed by atoms with E-state index in [1.54, 1.807) is 29.2 Å². The Balaban J connectivity index is 2.05. The van der Waals surface area contributed by atoms with Crippen LogP contribution in [0, 0.1) is 0 Å². The van der Waals surface area contributed by atoms with Crippen molar-refractivity contribution in [1.29, 1.82) is 0 Å². The normalized spacial score (nSPS) is 16.5. The fourth-order valence-corrected chi connectivity index (χ4v) is 5.64. The van der Waals surface area contributed by atoms with Crippen LogP contribution in [0.1, 0.15) is 31.9 Å². The van der Waals surface area contributed by atoms with E-state index in [0.717, 1.165) is 17.5 Å². The van der Waals surface area contributed by atoms with Crippen LogP contribution in [0.25, 0.3) is 0 Å². The van der Waals surface area contributed by atoms with Gasteiger partial charge < -0.3 is 4.90 Å². The molecular formula is C19H21BrN2O3S. The third-order valence-corrected chi connectivity index (χ3v) is 6.94. The first-order chi connectivity index (χ1) is 12.2. The van der Waals surface area contributed by atoms with Crippen LogP contribution in [0.3, 0.4) is 0 Å². The van der Waals surface area contributed by atoms with E-state index in [1.165, 1.54) is 6.92 Å². The number of aryl methyl sites for hydroxylation is 1. The van der Waals surface area contributed by atoms with Crippen molar-refractivity contribution in [3.8, 4) is 0 Å². The van der Waals surface area contributed by atoms with Gasteiger partial charge in [-0.15, -0.1) is 0 Å². The zero-order valence-corrected chi connectivity index (χ0v) is 17.3. The van der Waals surface area contributed by atoms with Gasteiger partial charge in [-0.25, -0.2) is 8.42 Å². The molecule has 1 atom stereocenters. The van der Waals surface area contributed by atoms with Gasteiger partial charge in [-0.2, -0.15) is 0 Å². The maximum atomic E-state index is 13.0. The standard InChI is InChI=1S/C19H21BrN2O3S/c1-4-14-7-5-6-8-17(14)21-26(24,25)19-11-18-15(10-16(19)20)9-12(2)22(18)13(3)23/h5-8,10-12,21H,4,9H2,1-3H3. The zero-order valence-electron chi connectivity index (χ0n) is 14.9. The summed E-state index contributed by atoms with van der Waals surface area (Å²) >= 11 is 3.39. The molecule has 1 amide bonds. The van der Waals surface area contributed by atoms with Crippen molar-refractivity contribution in [2.45, 2.75) is 44.6 Å². The molecule has 1 aliphatic rings. The van der Waals surface area contributed by atoms with Gasteiger partial charge in [0.2, 0.25) is 5.91 Å². The average Bonchev–Trinajstić information content (AvgIpc) is 2.89. The first-order valence-electron chi connectivity index (χ1n) is 8.47. The molecule has 0 fully saturated rings. The molecule has 0 bridgehead atoms. The summed E-state index contributed by atoms with van der Waals surface area (Å²) in [5.41, 5.74) is 3.12. The topological polar surface area (TPSA) is 66.5 Å². The van der Waals surface area contributed by atoms with E-state index in [0.29, 0.717) is 22.3 Å². The van der Waals surface area contributed by atoms with E-state index in [2.05, 4.69) is 20.7 Å². The van der Waals surface area contributed by atoms with Crippen LogP contribution in [0.4, 0.5) is 11.4 Å². The molecule has 2 aromatic rings. The highest BCUT2D eigenvalue weighted by Crippen LogP contribution is 2.38. The first kappa shape index (κ1) is 18.9. The van der Waals surface area contributed by atoms with Gasteiger partial charge in [-0.3, -0.25) is 9.52 Å². The molecule has 1 N–H and O–H groups in total. The molecule has 1 heterocycles. The molecule has 0 aliphatic carbocycles. The summed E-state index contributed by atoms with van der Waals surface area (Å²) in [5, 5.41) is 0. The van der Waals surface area contributed by atoms with E-state index in [9.17, 15) is 13.2 Å². The number of hydrogen-bond donors (Lipinski definition) is 1. The van der Waals surface area contributed by atoms with Gasteiger partial charge >= 0.3 is 0 Å². The van der Waals surface area contributed by atoms with Crippen LogP contribution >= 0.6 is 15.9 Å². The summed E-state index contributed by atoms with van der Waals surface area (Å²) in [4.78, 5) is 13.8. The number of halogens is 1. The van der Waals surface area contributed by atoms with E-state index in [1.807, 2.05) is 26.0 Å². The minimum absolute atomic E-state index is 0.0149. The van der Waals surface area contributed by atoms with Crippen LogP contribution in [0.15, 0.2) is 45.8 Å². The number of nitrogens with one attached hydrogen (secondary N) is 1. The fraction of sp³-hybridized carbons (Fsp3) is 0.316. The number of sulfonamides is 1. The highest BCUT2D eigenvalue weighted by Gasteiger charge is 2.32. The van der Waals surface area contributed by atoms with Gasteiger partial charge in [-0.05, 0) is 65.0 Å². The second-order valence-electron chi connectivity index (χ2n) is 6.47. The van der Waals surface area contributed by atoms with Gasteiger partial charge in [0, 0.05) is 23.1 Å². The molecule has 1 unspecified atom stereocenters. The number of anilines is 2. The van der Waals surface area contributed by atoms with Crippen molar-refractivity contribution < 1.29 is 13.2 Å². The molecule has 0 radical (unpaired) electrons. The number of fused-ring (bicyclic) bond motifs is 1.